The summed E-state index contributed by atoms with van der Waals surface area (Å²) < 4.78 is 10.8. The first-order valence-electron chi connectivity index (χ1n) is 12.1. The Balaban J connectivity index is 1.40. The van der Waals surface area contributed by atoms with Crippen LogP contribution >= 0.6 is 0 Å². The number of carbonyl (C=O) groups excluding carboxylic acids is 2. The van der Waals surface area contributed by atoms with E-state index in [1.807, 2.05) is 60.7 Å². The minimum absolute atomic E-state index is 0.142. The van der Waals surface area contributed by atoms with Crippen molar-refractivity contribution in [2.75, 3.05) is 20.8 Å². The molecule has 37 heavy (non-hydrogen) atoms. The van der Waals surface area contributed by atoms with Gasteiger partial charge in [0.1, 0.15) is 12.6 Å². The van der Waals surface area contributed by atoms with Gasteiger partial charge in [-0.15, -0.1) is 0 Å². The molecule has 1 aromatic heterocycles. The first-order valence-corrected chi connectivity index (χ1v) is 12.1. The minimum atomic E-state index is -0.664. The van der Waals surface area contributed by atoms with Gasteiger partial charge < -0.3 is 19.4 Å². The summed E-state index contributed by atoms with van der Waals surface area (Å²) in [5.74, 6) is 0.701. The van der Waals surface area contributed by atoms with E-state index in [-0.39, 0.29) is 24.4 Å². The third-order valence-corrected chi connectivity index (χ3v) is 7.13. The van der Waals surface area contributed by atoms with Crippen molar-refractivity contribution < 1.29 is 19.1 Å². The molecule has 8 heteroatoms. The smallest absolute Gasteiger partial charge is 0.266 e. The molecular formula is C29H26N4O4. The normalized spacial score (nSPS) is 19.3. The van der Waals surface area contributed by atoms with Crippen LogP contribution < -0.4 is 9.47 Å². The van der Waals surface area contributed by atoms with Crippen LogP contribution in [0.2, 0.25) is 0 Å². The Labute approximate surface area is 214 Å². The molecule has 3 aromatic carbocycles. The lowest BCUT2D eigenvalue weighted by atomic mass is 9.86. The Morgan fingerprint density at radius 1 is 0.946 bits per heavy atom. The summed E-state index contributed by atoms with van der Waals surface area (Å²) in [6, 6.07) is 22.3. The number of hydrogen-bond donors (Lipinski definition) is 1. The fourth-order valence-corrected chi connectivity index (χ4v) is 5.47. The number of hydrogen-bond acceptors (Lipinski definition) is 5. The topological polar surface area (TPSA) is 87.2 Å². The molecule has 8 nitrogen and oxygen atoms in total. The number of carbonyl (C=O) groups is 2. The summed E-state index contributed by atoms with van der Waals surface area (Å²) in [4.78, 5) is 32.7. The van der Waals surface area contributed by atoms with Gasteiger partial charge in [-0.1, -0.05) is 54.6 Å². The Morgan fingerprint density at radius 3 is 2.51 bits per heavy atom. The molecule has 4 aromatic rings. The van der Waals surface area contributed by atoms with Gasteiger partial charge in [-0.3, -0.25) is 9.59 Å². The van der Waals surface area contributed by atoms with Gasteiger partial charge in [0.25, 0.3) is 5.91 Å². The number of fused-ring (bicyclic) bond motifs is 4. The number of piperazine rings is 1. The molecule has 1 fully saturated rings. The van der Waals surface area contributed by atoms with E-state index in [4.69, 9.17) is 9.47 Å². The summed E-state index contributed by atoms with van der Waals surface area (Å²) in [6.45, 7) is -0.142. The number of rotatable bonds is 5. The Morgan fingerprint density at radius 2 is 1.73 bits per heavy atom. The monoisotopic (exact) mass is 494 g/mol. The van der Waals surface area contributed by atoms with E-state index >= 15 is 0 Å². The molecular weight excluding hydrogens is 468 g/mol. The fraction of sp³-hybridized carbons (Fsp3) is 0.207. The summed E-state index contributed by atoms with van der Waals surface area (Å²) in [5, 5.41) is 6.77. The van der Waals surface area contributed by atoms with Gasteiger partial charge in [0.2, 0.25) is 5.91 Å². The van der Waals surface area contributed by atoms with Crippen molar-refractivity contribution in [3.63, 3.8) is 0 Å². The van der Waals surface area contributed by atoms with Crippen LogP contribution in [0.15, 0.2) is 77.9 Å². The highest BCUT2D eigenvalue weighted by atomic mass is 16.5. The average molecular weight is 495 g/mol. The van der Waals surface area contributed by atoms with Gasteiger partial charge in [0.15, 0.2) is 11.5 Å². The summed E-state index contributed by atoms with van der Waals surface area (Å²) in [5.41, 5.74) is 4.62. The number of methoxy groups -OCH3 is 2. The van der Waals surface area contributed by atoms with E-state index in [0.717, 1.165) is 27.7 Å². The second kappa shape index (κ2) is 9.13. The zero-order valence-electron chi connectivity index (χ0n) is 20.5. The highest BCUT2D eigenvalue weighted by molar-refractivity contribution is 5.98. The lowest BCUT2D eigenvalue weighted by Gasteiger charge is -2.45. The van der Waals surface area contributed by atoms with E-state index in [2.05, 4.69) is 16.2 Å². The van der Waals surface area contributed by atoms with Crippen molar-refractivity contribution in [1.82, 2.24) is 14.9 Å². The molecule has 0 radical (unpaired) electrons. The summed E-state index contributed by atoms with van der Waals surface area (Å²) in [6.07, 6.45) is 1.96. The largest absolute Gasteiger partial charge is 0.493 e. The molecule has 3 heterocycles. The zero-order valence-corrected chi connectivity index (χ0v) is 20.5. The van der Waals surface area contributed by atoms with Crippen molar-refractivity contribution in [3.8, 4) is 11.5 Å². The van der Waals surface area contributed by atoms with Crippen molar-refractivity contribution in [3.05, 3.63) is 95.2 Å². The Kier molecular flexibility index (Phi) is 5.64. The lowest BCUT2D eigenvalue weighted by Crippen LogP contribution is -2.61. The number of para-hydroxylation sites is 2. The zero-order chi connectivity index (χ0) is 25.5. The molecule has 2 atom stereocenters. The number of amides is 2. The number of ether oxygens (including phenoxy) is 2. The summed E-state index contributed by atoms with van der Waals surface area (Å²) in [7, 11) is 3.11. The number of nitrogens with one attached hydrogen (secondary N) is 1. The van der Waals surface area contributed by atoms with Crippen LogP contribution in [-0.4, -0.2) is 59.7 Å². The van der Waals surface area contributed by atoms with Crippen molar-refractivity contribution in [2.24, 2.45) is 5.10 Å². The molecule has 0 saturated carbocycles. The molecule has 0 spiro atoms. The molecule has 2 aliphatic heterocycles. The van der Waals surface area contributed by atoms with Gasteiger partial charge in [-0.05, 0) is 29.3 Å². The molecule has 186 valence electrons. The number of nitrogens with zero attached hydrogens (tertiary/aromatic N) is 3. The molecule has 1 saturated heterocycles. The second-order valence-corrected chi connectivity index (χ2v) is 9.12. The van der Waals surface area contributed by atoms with E-state index in [1.54, 1.807) is 25.2 Å². The van der Waals surface area contributed by atoms with Crippen LogP contribution in [0.3, 0.4) is 0 Å². The van der Waals surface area contributed by atoms with Gasteiger partial charge in [-0.25, -0.2) is 5.01 Å². The maximum atomic E-state index is 13.8. The molecule has 0 aliphatic carbocycles. The van der Waals surface area contributed by atoms with Crippen LogP contribution in [0, 0.1) is 0 Å². The van der Waals surface area contributed by atoms with Gasteiger partial charge in [0.05, 0.1) is 26.5 Å². The molecule has 1 N–H and O–H groups in total. The van der Waals surface area contributed by atoms with E-state index < -0.39 is 6.04 Å². The van der Waals surface area contributed by atoms with Crippen molar-refractivity contribution >= 4 is 28.9 Å². The van der Waals surface area contributed by atoms with Crippen LogP contribution in [0.5, 0.6) is 11.5 Å². The standard InChI is InChI=1S/C29H26N4O4/c1-36-24-14-8-11-19(28(24)37-2)16-30-32-17-25(34)33-23(29(32)35)15-21-20-12-6-7-13-22(20)31-26(21)27(33)18-9-4-3-5-10-18/h3-14,16,23,27,31H,15,17H2,1-2H3/b30-16-/t23-,27+/m0/s1. The molecule has 2 aliphatic rings. The first kappa shape index (κ1) is 22.8. The number of aromatic nitrogens is 1. The van der Waals surface area contributed by atoms with Crippen LogP contribution in [0.25, 0.3) is 10.9 Å². The SMILES string of the molecule is COc1cccc(/C=N\N2CC(=O)N3[C@H](c4ccccc4)c4[nH]c5ccccc5c4C[C@H]3C2=O)c1OC. The molecule has 0 bridgehead atoms. The fourth-order valence-electron chi connectivity index (χ4n) is 5.47. The van der Waals surface area contributed by atoms with Crippen LogP contribution in [-0.2, 0) is 16.0 Å². The predicted molar refractivity (Wildman–Crippen MR) is 140 cm³/mol. The second-order valence-electron chi connectivity index (χ2n) is 9.12. The van der Waals surface area contributed by atoms with Gasteiger partial charge >= 0.3 is 0 Å². The third kappa shape index (κ3) is 3.72. The number of aromatic amines is 1. The Hall–Kier alpha value is -4.59. The van der Waals surface area contributed by atoms with Crippen molar-refractivity contribution in [1.29, 1.82) is 0 Å². The van der Waals surface area contributed by atoms with Gasteiger partial charge in [0, 0.05) is 28.6 Å². The molecule has 6 rings (SSSR count). The Bertz CT molecular complexity index is 1530. The predicted octanol–water partition coefficient (Wildman–Crippen LogP) is 3.90. The maximum absolute atomic E-state index is 13.8. The molecule has 0 unspecified atom stereocenters. The third-order valence-electron chi connectivity index (χ3n) is 7.13. The van der Waals surface area contributed by atoms with Crippen LogP contribution in [0.4, 0.5) is 0 Å². The molecule has 2 amide bonds. The maximum Gasteiger partial charge on any atom is 0.266 e. The van der Waals surface area contributed by atoms with Crippen LogP contribution in [0.1, 0.15) is 28.4 Å². The lowest BCUT2D eigenvalue weighted by molar-refractivity contribution is -0.158. The first-order chi connectivity index (χ1) is 18.1. The number of H-pyrrole nitrogens is 1. The van der Waals surface area contributed by atoms with Gasteiger partial charge in [-0.2, -0.15) is 5.10 Å². The van der Waals surface area contributed by atoms with E-state index in [1.165, 1.54) is 11.2 Å². The highest BCUT2D eigenvalue weighted by Crippen LogP contribution is 2.42. The van der Waals surface area contributed by atoms with E-state index in [9.17, 15) is 9.59 Å². The average Bonchev–Trinajstić information content (AvgIpc) is 3.31. The minimum Gasteiger partial charge on any atom is -0.493 e. The quantitative estimate of drug-likeness (QED) is 0.426. The number of hydrazone groups is 1. The summed E-state index contributed by atoms with van der Waals surface area (Å²) >= 11 is 0. The highest BCUT2D eigenvalue weighted by Gasteiger charge is 2.48. The number of benzene rings is 3. The van der Waals surface area contributed by atoms with Crippen molar-refractivity contribution in [2.45, 2.75) is 18.5 Å². The van der Waals surface area contributed by atoms with E-state index in [0.29, 0.717) is 23.5 Å².